The van der Waals surface area contributed by atoms with Crippen molar-refractivity contribution < 1.29 is 5.11 Å². The molecule has 6 heteroatoms. The first-order chi connectivity index (χ1) is 9.78. The third kappa shape index (κ3) is 2.18. The van der Waals surface area contributed by atoms with E-state index in [0.29, 0.717) is 17.1 Å². The number of nitrogens with zero attached hydrogens (tertiary/aromatic N) is 4. The minimum absolute atomic E-state index is 0.155. The Morgan fingerprint density at radius 1 is 1.15 bits per heavy atom. The third-order valence-electron chi connectivity index (χ3n) is 2.98. The lowest BCUT2D eigenvalue weighted by molar-refractivity contribution is 0.476. The summed E-state index contributed by atoms with van der Waals surface area (Å²) in [6.07, 6.45) is 5.18. The van der Waals surface area contributed by atoms with Gasteiger partial charge in [0.05, 0.1) is 17.7 Å². The van der Waals surface area contributed by atoms with Crippen LogP contribution in [0.25, 0.3) is 16.9 Å². The lowest BCUT2D eigenvalue weighted by atomic mass is 10.1. The summed E-state index contributed by atoms with van der Waals surface area (Å²) in [5.74, 6) is 0.839. The van der Waals surface area contributed by atoms with Gasteiger partial charge in [-0.2, -0.15) is 0 Å². The maximum absolute atomic E-state index is 10.2. The van der Waals surface area contributed by atoms with E-state index in [1.54, 1.807) is 25.6 Å². The average molecular weight is 267 g/mol. The number of rotatable bonds is 3. The van der Waals surface area contributed by atoms with E-state index >= 15 is 0 Å². The maximum atomic E-state index is 10.2. The van der Waals surface area contributed by atoms with Gasteiger partial charge in [0.15, 0.2) is 0 Å². The molecular formula is C14H13N5O. The number of nitrogens with one attached hydrogen (secondary N) is 1. The fraction of sp³-hybridized carbons (Fsp3) is 0.0714. The van der Waals surface area contributed by atoms with E-state index in [4.69, 9.17) is 0 Å². The highest BCUT2D eigenvalue weighted by Gasteiger charge is 2.08. The zero-order valence-corrected chi connectivity index (χ0v) is 10.9. The van der Waals surface area contributed by atoms with E-state index in [0.717, 1.165) is 5.69 Å². The van der Waals surface area contributed by atoms with Crippen LogP contribution in [0.2, 0.25) is 0 Å². The third-order valence-corrected chi connectivity index (χ3v) is 2.98. The Balaban J connectivity index is 1.98. The van der Waals surface area contributed by atoms with Crippen molar-refractivity contribution in [1.82, 2.24) is 19.7 Å². The molecule has 3 rings (SSSR count). The molecule has 0 amide bonds. The van der Waals surface area contributed by atoms with Gasteiger partial charge in [0.1, 0.15) is 11.6 Å². The minimum atomic E-state index is 0.155. The van der Waals surface area contributed by atoms with Gasteiger partial charge in [-0.05, 0) is 24.3 Å². The summed E-state index contributed by atoms with van der Waals surface area (Å²) < 4.78 is 1.82. The predicted octanol–water partition coefficient (Wildman–Crippen LogP) is 2.08. The molecule has 1 aromatic carbocycles. The van der Waals surface area contributed by atoms with Crippen LogP contribution in [0.5, 0.6) is 5.75 Å². The van der Waals surface area contributed by atoms with Gasteiger partial charge >= 0.3 is 0 Å². The number of phenols is 1. The Bertz CT molecular complexity index is 707. The molecule has 0 atom stereocenters. The summed E-state index contributed by atoms with van der Waals surface area (Å²) in [6.45, 7) is 0. The van der Waals surface area contributed by atoms with Crippen molar-refractivity contribution in [1.29, 1.82) is 0 Å². The van der Waals surface area contributed by atoms with Crippen molar-refractivity contribution in [2.24, 2.45) is 0 Å². The summed E-state index contributed by atoms with van der Waals surface area (Å²) in [5, 5.41) is 21.1. The van der Waals surface area contributed by atoms with Gasteiger partial charge in [-0.3, -0.25) is 0 Å². The van der Waals surface area contributed by atoms with Crippen molar-refractivity contribution in [3.05, 3.63) is 49.1 Å². The summed E-state index contributed by atoms with van der Waals surface area (Å²) in [4.78, 5) is 3.98. The Hall–Kier alpha value is -2.89. The summed E-state index contributed by atoms with van der Waals surface area (Å²) in [7, 11) is 1.78. The first-order valence-corrected chi connectivity index (χ1v) is 6.11. The van der Waals surface area contributed by atoms with Gasteiger partial charge in [0.25, 0.3) is 0 Å². The molecule has 0 fully saturated rings. The average Bonchev–Trinajstić information content (AvgIpc) is 3.01. The van der Waals surface area contributed by atoms with E-state index in [-0.39, 0.29) is 5.75 Å². The van der Waals surface area contributed by atoms with Crippen molar-refractivity contribution in [2.75, 3.05) is 12.4 Å². The second-order valence-corrected chi connectivity index (χ2v) is 4.23. The monoisotopic (exact) mass is 267 g/mol. The van der Waals surface area contributed by atoms with Crippen LogP contribution in [0.3, 0.4) is 0 Å². The highest BCUT2D eigenvalue weighted by atomic mass is 16.3. The minimum Gasteiger partial charge on any atom is -0.507 e. The topological polar surface area (TPSA) is 75.9 Å². The van der Waals surface area contributed by atoms with Crippen molar-refractivity contribution in [2.45, 2.75) is 0 Å². The molecule has 0 spiro atoms. The molecule has 0 aliphatic heterocycles. The molecule has 2 heterocycles. The van der Waals surface area contributed by atoms with Crippen molar-refractivity contribution >= 4 is 5.82 Å². The van der Waals surface area contributed by atoms with Crippen LogP contribution in [0.4, 0.5) is 5.82 Å². The smallest absolute Gasteiger partial charge is 0.148 e. The first-order valence-electron chi connectivity index (χ1n) is 6.11. The van der Waals surface area contributed by atoms with Crippen LogP contribution < -0.4 is 5.32 Å². The molecule has 3 aromatic rings. The molecule has 2 aromatic heterocycles. The SMILES string of the molecule is CNc1ccc(-c2ccc(-n3ccnc3)cc2O)nn1. The Kier molecular flexibility index (Phi) is 3.04. The van der Waals surface area contributed by atoms with Gasteiger partial charge in [-0.1, -0.05) is 0 Å². The first kappa shape index (κ1) is 12.2. The number of phenolic OH excluding ortho intramolecular Hbond substituents is 1. The molecule has 100 valence electrons. The molecule has 2 N–H and O–H groups in total. The van der Waals surface area contributed by atoms with Crippen molar-refractivity contribution in [3.63, 3.8) is 0 Å². The van der Waals surface area contributed by atoms with Crippen LogP contribution in [0.15, 0.2) is 49.1 Å². The summed E-state index contributed by atoms with van der Waals surface area (Å²) in [5.41, 5.74) is 2.10. The molecule has 0 aliphatic rings. The van der Waals surface area contributed by atoms with E-state index < -0.39 is 0 Å². The number of benzene rings is 1. The van der Waals surface area contributed by atoms with Gasteiger partial charge in [0.2, 0.25) is 0 Å². The number of anilines is 1. The Labute approximate surface area is 115 Å². The summed E-state index contributed by atoms with van der Waals surface area (Å²) >= 11 is 0. The lowest BCUT2D eigenvalue weighted by Crippen LogP contribution is -1.96. The molecule has 0 unspecified atom stereocenters. The van der Waals surface area contributed by atoms with E-state index in [9.17, 15) is 5.11 Å². The fourth-order valence-corrected chi connectivity index (χ4v) is 1.92. The van der Waals surface area contributed by atoms with Crippen molar-refractivity contribution in [3.8, 4) is 22.7 Å². The highest BCUT2D eigenvalue weighted by molar-refractivity contribution is 5.68. The second-order valence-electron chi connectivity index (χ2n) is 4.23. The number of imidazole rings is 1. The van der Waals surface area contributed by atoms with Crippen LogP contribution in [-0.2, 0) is 0 Å². The molecule has 0 aliphatic carbocycles. The van der Waals surface area contributed by atoms with Crippen LogP contribution >= 0.6 is 0 Å². The van der Waals surface area contributed by atoms with Crippen LogP contribution in [-0.4, -0.2) is 31.9 Å². The lowest BCUT2D eigenvalue weighted by Gasteiger charge is -2.07. The number of aromatic nitrogens is 4. The number of hydrogen-bond donors (Lipinski definition) is 2. The van der Waals surface area contributed by atoms with Gasteiger partial charge in [-0.15, -0.1) is 10.2 Å². The maximum Gasteiger partial charge on any atom is 0.148 e. The molecule has 0 saturated heterocycles. The molecule has 0 bridgehead atoms. The van der Waals surface area contributed by atoms with Gasteiger partial charge in [-0.25, -0.2) is 4.98 Å². The zero-order valence-electron chi connectivity index (χ0n) is 10.9. The van der Waals surface area contributed by atoms with E-state index in [1.807, 2.05) is 35.0 Å². The largest absolute Gasteiger partial charge is 0.507 e. The van der Waals surface area contributed by atoms with E-state index in [1.165, 1.54) is 0 Å². The van der Waals surface area contributed by atoms with Crippen LogP contribution in [0, 0.1) is 0 Å². The highest BCUT2D eigenvalue weighted by Crippen LogP contribution is 2.29. The van der Waals surface area contributed by atoms with E-state index in [2.05, 4.69) is 20.5 Å². The predicted molar refractivity (Wildman–Crippen MR) is 75.8 cm³/mol. The molecule has 6 nitrogen and oxygen atoms in total. The molecular weight excluding hydrogens is 254 g/mol. The molecule has 0 saturated carbocycles. The van der Waals surface area contributed by atoms with Gasteiger partial charge in [0, 0.05) is 31.1 Å². The number of aromatic hydroxyl groups is 1. The van der Waals surface area contributed by atoms with Gasteiger partial charge < -0.3 is 15.0 Å². The zero-order chi connectivity index (χ0) is 13.9. The summed E-state index contributed by atoms with van der Waals surface area (Å²) in [6, 6.07) is 9.00. The normalized spacial score (nSPS) is 10.4. The fourth-order valence-electron chi connectivity index (χ4n) is 1.92. The number of hydrogen-bond acceptors (Lipinski definition) is 5. The second kappa shape index (κ2) is 5.00. The Morgan fingerprint density at radius 2 is 2.05 bits per heavy atom. The Morgan fingerprint density at radius 3 is 2.65 bits per heavy atom. The van der Waals surface area contributed by atoms with Crippen LogP contribution in [0.1, 0.15) is 0 Å². The quantitative estimate of drug-likeness (QED) is 0.759. The molecule has 0 radical (unpaired) electrons. The standard InChI is InChI=1S/C14H13N5O/c1-15-14-5-4-12(17-18-14)11-3-2-10(8-13(11)20)19-7-6-16-9-19/h2-9,20H,1H3,(H,15,18). The molecule has 20 heavy (non-hydrogen) atoms.